The number of nitrogens with zero attached hydrogens (tertiary/aromatic N) is 1. The molecule has 0 saturated heterocycles. The summed E-state index contributed by atoms with van der Waals surface area (Å²) in [6.07, 6.45) is 4.28. The van der Waals surface area contributed by atoms with Crippen LogP contribution in [0.3, 0.4) is 0 Å². The molecule has 2 heterocycles. The summed E-state index contributed by atoms with van der Waals surface area (Å²) in [5, 5.41) is 37.4. The molecule has 1 aromatic heterocycles. The minimum atomic E-state index is -1.19. The average Bonchev–Trinajstić information content (AvgIpc) is 3.21. The summed E-state index contributed by atoms with van der Waals surface area (Å²) in [6.45, 7) is 10.7. The summed E-state index contributed by atoms with van der Waals surface area (Å²) >= 11 is 1.55. The van der Waals surface area contributed by atoms with E-state index in [0.29, 0.717) is 19.3 Å². The lowest BCUT2D eigenvalue weighted by atomic mass is 9.73. The van der Waals surface area contributed by atoms with Gasteiger partial charge in [0.25, 0.3) is 0 Å². The molecule has 4 N–H and O–H groups in total. The molecule has 5 atom stereocenters. The van der Waals surface area contributed by atoms with Crippen LogP contribution in [0.4, 0.5) is 0 Å². The molecule has 35 heavy (non-hydrogen) atoms. The Morgan fingerprint density at radius 2 is 1.97 bits per heavy atom. The minimum Gasteiger partial charge on any atom is -0.392 e. The van der Waals surface area contributed by atoms with Gasteiger partial charge in [0.05, 0.1) is 47.4 Å². The summed E-state index contributed by atoms with van der Waals surface area (Å²) in [5.74, 6) is -1.40. The third kappa shape index (κ3) is 8.07. The molecule has 0 aromatic carbocycles. The Bertz CT molecular complexity index is 936. The Morgan fingerprint density at radius 3 is 2.57 bits per heavy atom. The van der Waals surface area contributed by atoms with Gasteiger partial charge in [-0.3, -0.25) is 9.59 Å². The van der Waals surface area contributed by atoms with E-state index in [4.69, 9.17) is 0 Å². The second-order valence-corrected chi connectivity index (χ2v) is 11.6. The van der Waals surface area contributed by atoms with Gasteiger partial charge in [-0.05, 0) is 62.7 Å². The molecule has 0 fully saturated rings. The van der Waals surface area contributed by atoms with Crippen LogP contribution in [-0.4, -0.2) is 56.9 Å². The zero-order valence-corrected chi connectivity index (χ0v) is 22.7. The first kappa shape index (κ1) is 29.4. The van der Waals surface area contributed by atoms with Crippen molar-refractivity contribution in [3.8, 4) is 0 Å². The van der Waals surface area contributed by atoms with E-state index in [1.807, 2.05) is 38.3 Å². The number of aromatic nitrogens is 1. The van der Waals surface area contributed by atoms with Gasteiger partial charge in [0, 0.05) is 11.3 Å². The molecule has 2 unspecified atom stereocenters. The molecule has 0 aliphatic carbocycles. The zero-order valence-electron chi connectivity index (χ0n) is 21.9. The zero-order chi connectivity index (χ0) is 26.3. The molecule has 8 heteroatoms. The second kappa shape index (κ2) is 12.9. The van der Waals surface area contributed by atoms with Gasteiger partial charge in [0.2, 0.25) is 5.91 Å². The smallest absolute Gasteiger partial charge is 0.223 e. The Morgan fingerprint density at radius 1 is 1.29 bits per heavy atom. The molecule has 0 spiro atoms. The van der Waals surface area contributed by atoms with Crippen molar-refractivity contribution in [2.24, 2.45) is 17.3 Å². The Kier molecular flexibility index (Phi) is 10.8. The Hall–Kier alpha value is -1.87. The molecule has 196 valence electrons. The van der Waals surface area contributed by atoms with Crippen LogP contribution in [0.2, 0.25) is 0 Å². The van der Waals surface area contributed by atoms with E-state index in [-0.39, 0.29) is 36.7 Å². The fourth-order valence-corrected chi connectivity index (χ4v) is 5.14. The lowest BCUT2D eigenvalue weighted by Crippen LogP contribution is -2.47. The number of amides is 1. The highest BCUT2D eigenvalue weighted by Crippen LogP contribution is 2.32. The van der Waals surface area contributed by atoms with Crippen molar-refractivity contribution < 1.29 is 24.9 Å². The van der Waals surface area contributed by atoms with E-state index >= 15 is 0 Å². The second-order valence-electron chi connectivity index (χ2n) is 10.5. The van der Waals surface area contributed by atoms with Crippen molar-refractivity contribution in [2.45, 2.75) is 91.9 Å². The number of hydrogen-bond acceptors (Lipinski definition) is 7. The van der Waals surface area contributed by atoms with E-state index in [9.17, 15) is 24.9 Å². The molecular weight excluding hydrogens is 464 g/mol. The van der Waals surface area contributed by atoms with Gasteiger partial charge in [-0.1, -0.05) is 33.8 Å². The van der Waals surface area contributed by atoms with Crippen molar-refractivity contribution in [1.82, 2.24) is 10.3 Å². The molecule has 1 aromatic rings. The quantitative estimate of drug-likeness (QED) is 0.463. The van der Waals surface area contributed by atoms with Gasteiger partial charge in [-0.15, -0.1) is 11.3 Å². The maximum absolute atomic E-state index is 13.2. The van der Waals surface area contributed by atoms with E-state index in [1.165, 1.54) is 0 Å². The predicted molar refractivity (Wildman–Crippen MR) is 140 cm³/mol. The third-order valence-electron chi connectivity index (χ3n) is 7.26. The van der Waals surface area contributed by atoms with Crippen LogP contribution in [-0.2, 0) is 9.59 Å². The maximum atomic E-state index is 13.2. The van der Waals surface area contributed by atoms with Crippen LogP contribution < -0.4 is 5.32 Å². The highest BCUT2D eigenvalue weighted by molar-refractivity contribution is 7.09. The minimum absolute atomic E-state index is 0.0760. The largest absolute Gasteiger partial charge is 0.392 e. The van der Waals surface area contributed by atoms with Crippen molar-refractivity contribution in [1.29, 1.82) is 0 Å². The van der Waals surface area contributed by atoms with Gasteiger partial charge < -0.3 is 20.6 Å². The molecule has 0 bridgehead atoms. The van der Waals surface area contributed by atoms with Crippen LogP contribution in [0.15, 0.2) is 22.6 Å². The van der Waals surface area contributed by atoms with Crippen LogP contribution in [0.5, 0.6) is 0 Å². The molecule has 7 nitrogen and oxygen atoms in total. The summed E-state index contributed by atoms with van der Waals surface area (Å²) < 4.78 is 0. The molecule has 2 rings (SSSR count). The van der Waals surface area contributed by atoms with Crippen molar-refractivity contribution in [3.05, 3.63) is 33.3 Å². The van der Waals surface area contributed by atoms with Gasteiger partial charge in [-0.25, -0.2) is 4.98 Å². The van der Waals surface area contributed by atoms with Gasteiger partial charge in [0.1, 0.15) is 5.78 Å². The number of aryl methyl sites for hydroxylation is 1. The fourth-order valence-electron chi connectivity index (χ4n) is 4.57. The number of rotatable bonds is 3. The average molecular weight is 507 g/mol. The highest BCUT2D eigenvalue weighted by atomic mass is 32.1. The Balaban J connectivity index is 2.37. The topological polar surface area (TPSA) is 120 Å². The fraction of sp³-hybridized carbons (Fsp3) is 0.667. The number of ketones is 1. The third-order valence-corrected chi connectivity index (χ3v) is 8.05. The molecule has 0 radical (unpaired) electrons. The lowest BCUT2D eigenvalue weighted by molar-refractivity contribution is -0.143. The number of Topliss-reactive ketones (excluding diaryl/α,β-unsaturated/α-hetero) is 1. The highest BCUT2D eigenvalue weighted by Gasteiger charge is 2.42. The number of carbonyl (C=O) groups excluding carboxylic acids is 2. The summed E-state index contributed by atoms with van der Waals surface area (Å²) in [5.41, 5.74) is 1.43. The molecule has 1 aliphatic rings. The molecular formula is C27H42N2O5S. The summed E-state index contributed by atoms with van der Waals surface area (Å²) in [7, 11) is 0. The van der Waals surface area contributed by atoms with Crippen molar-refractivity contribution in [3.63, 3.8) is 0 Å². The van der Waals surface area contributed by atoms with E-state index in [1.54, 1.807) is 32.1 Å². The van der Waals surface area contributed by atoms with Gasteiger partial charge >= 0.3 is 0 Å². The summed E-state index contributed by atoms with van der Waals surface area (Å²) in [6, 6.07) is -0.343. The number of carbonyl (C=O) groups is 2. The molecule has 1 aliphatic heterocycles. The van der Waals surface area contributed by atoms with Crippen LogP contribution in [0.25, 0.3) is 6.08 Å². The first-order chi connectivity index (χ1) is 16.4. The van der Waals surface area contributed by atoms with Crippen LogP contribution in [0, 0.1) is 24.2 Å². The van der Waals surface area contributed by atoms with E-state index in [0.717, 1.165) is 28.3 Å². The maximum Gasteiger partial charge on any atom is 0.223 e. The molecule has 0 saturated carbocycles. The summed E-state index contributed by atoms with van der Waals surface area (Å²) in [4.78, 5) is 30.6. The monoisotopic (exact) mass is 506 g/mol. The van der Waals surface area contributed by atoms with E-state index < -0.39 is 23.5 Å². The normalized spacial score (nSPS) is 30.0. The van der Waals surface area contributed by atoms with Gasteiger partial charge in [-0.2, -0.15) is 0 Å². The van der Waals surface area contributed by atoms with Crippen LogP contribution in [0.1, 0.15) is 77.4 Å². The van der Waals surface area contributed by atoms with Crippen LogP contribution >= 0.6 is 11.3 Å². The number of nitrogens with one attached hydrogen (secondary N) is 1. The van der Waals surface area contributed by atoms with E-state index in [2.05, 4.69) is 10.3 Å². The van der Waals surface area contributed by atoms with Gasteiger partial charge in [0.15, 0.2) is 0 Å². The number of aliphatic hydroxyl groups excluding tert-OH is 3. The standard InChI is InChI=1S/C27H42N2O5S/c1-16-8-7-9-20(14-30)10-11-22(17(2)12-21-15-35-19(4)28-21)29-24(32)13-23(31)27(5,6)26(34)18(3)25(16)33/h10,12,15-16,18,22-23,25,30-31,33H,7-9,11,13-14H2,1-6H3,(H,29,32)/t16?,18-,22+,23?,25+/m1/s1. The number of aliphatic hydroxyl groups is 3. The first-order valence-electron chi connectivity index (χ1n) is 12.5. The molecule has 1 amide bonds. The predicted octanol–water partition coefficient (Wildman–Crippen LogP) is 3.81. The van der Waals surface area contributed by atoms with Crippen molar-refractivity contribution >= 4 is 29.1 Å². The lowest BCUT2D eigenvalue weighted by Gasteiger charge is -2.34. The van der Waals surface area contributed by atoms with Crippen molar-refractivity contribution in [2.75, 3.05) is 6.61 Å². The SMILES string of the molecule is CC(=Cc1csc(C)n1)[C@@H]1CC=C(CO)CCCC(C)[C@H](O)[C@@H](C)C(=O)C(C)(C)C(O)CC(=O)N1. The Labute approximate surface area is 213 Å². The number of hydrogen-bond donors (Lipinski definition) is 4. The number of thiazole rings is 1. The first-order valence-corrected chi connectivity index (χ1v) is 13.3.